The fourth-order valence-electron chi connectivity index (χ4n) is 1.07. The summed E-state index contributed by atoms with van der Waals surface area (Å²) in [5.74, 6) is -0.157. The van der Waals surface area contributed by atoms with Crippen LogP contribution in [0.3, 0.4) is 0 Å². The summed E-state index contributed by atoms with van der Waals surface area (Å²) in [6, 6.07) is -0.145. The lowest BCUT2D eigenvalue weighted by Gasteiger charge is -2.14. The van der Waals surface area contributed by atoms with E-state index >= 15 is 0 Å². The maximum absolute atomic E-state index is 10.4. The number of oxime groups is 1. The third-order valence-electron chi connectivity index (χ3n) is 1.87. The standard InChI is InChI=1S/C8H18N4O2/c1-2-6(8(10)12-14)11-5-3-4-7(9)13/h6,11,14H,2-5H2,1H3,(H2,9,13)(H2,10,12). The lowest BCUT2D eigenvalue weighted by Crippen LogP contribution is -2.41. The van der Waals surface area contributed by atoms with Crippen molar-refractivity contribution in [3.63, 3.8) is 0 Å². The Hall–Kier alpha value is -1.30. The SMILES string of the molecule is CCC(NCCCC(N)=O)C(N)=NO. The van der Waals surface area contributed by atoms with E-state index in [1.807, 2.05) is 6.92 Å². The van der Waals surface area contributed by atoms with Crippen LogP contribution >= 0.6 is 0 Å². The number of hydrogen-bond acceptors (Lipinski definition) is 4. The van der Waals surface area contributed by atoms with E-state index in [4.69, 9.17) is 16.7 Å². The molecular weight excluding hydrogens is 184 g/mol. The first-order valence-corrected chi connectivity index (χ1v) is 4.60. The van der Waals surface area contributed by atoms with Crippen LogP contribution in [0, 0.1) is 0 Å². The third-order valence-corrected chi connectivity index (χ3v) is 1.87. The van der Waals surface area contributed by atoms with Crippen LogP contribution in [-0.2, 0) is 4.79 Å². The van der Waals surface area contributed by atoms with E-state index < -0.39 is 0 Å². The second-order valence-electron chi connectivity index (χ2n) is 3.01. The zero-order chi connectivity index (χ0) is 11.0. The number of nitrogens with one attached hydrogen (secondary N) is 1. The molecule has 1 amide bonds. The summed E-state index contributed by atoms with van der Waals surface area (Å²) in [6.07, 6.45) is 1.73. The Morgan fingerprint density at radius 1 is 1.57 bits per heavy atom. The molecule has 1 unspecified atom stereocenters. The Kier molecular flexibility index (Phi) is 6.47. The van der Waals surface area contributed by atoms with Crippen molar-refractivity contribution >= 4 is 11.7 Å². The van der Waals surface area contributed by atoms with Crippen LogP contribution in [0.5, 0.6) is 0 Å². The van der Waals surface area contributed by atoms with Gasteiger partial charge in [0.15, 0.2) is 5.84 Å². The van der Waals surface area contributed by atoms with E-state index in [2.05, 4.69) is 10.5 Å². The lowest BCUT2D eigenvalue weighted by molar-refractivity contribution is -0.118. The minimum Gasteiger partial charge on any atom is -0.409 e. The molecule has 0 bridgehead atoms. The summed E-state index contributed by atoms with van der Waals surface area (Å²) in [5, 5.41) is 14.4. The number of nitrogens with zero attached hydrogens (tertiary/aromatic N) is 1. The van der Waals surface area contributed by atoms with Gasteiger partial charge < -0.3 is 22.0 Å². The summed E-state index contributed by atoms with van der Waals surface area (Å²) >= 11 is 0. The Balaban J connectivity index is 3.69. The summed E-state index contributed by atoms with van der Waals surface area (Å²) in [5.41, 5.74) is 10.4. The molecule has 82 valence electrons. The molecule has 0 radical (unpaired) electrons. The minimum absolute atomic E-state index is 0.145. The Labute approximate surface area is 83.3 Å². The molecule has 1 atom stereocenters. The first kappa shape index (κ1) is 12.7. The van der Waals surface area contributed by atoms with Crippen molar-refractivity contribution in [2.45, 2.75) is 32.2 Å². The van der Waals surface area contributed by atoms with Gasteiger partial charge in [-0.2, -0.15) is 0 Å². The number of hydrogen-bond donors (Lipinski definition) is 4. The Morgan fingerprint density at radius 2 is 2.21 bits per heavy atom. The summed E-state index contributed by atoms with van der Waals surface area (Å²) < 4.78 is 0. The van der Waals surface area contributed by atoms with E-state index in [1.54, 1.807) is 0 Å². The molecule has 6 N–H and O–H groups in total. The van der Waals surface area contributed by atoms with E-state index in [-0.39, 0.29) is 17.8 Å². The number of rotatable bonds is 7. The molecule has 6 heteroatoms. The summed E-state index contributed by atoms with van der Waals surface area (Å²) in [6.45, 7) is 2.54. The second-order valence-corrected chi connectivity index (χ2v) is 3.01. The lowest BCUT2D eigenvalue weighted by atomic mass is 10.2. The average Bonchev–Trinajstić information content (AvgIpc) is 2.16. The van der Waals surface area contributed by atoms with Crippen molar-refractivity contribution in [1.82, 2.24) is 5.32 Å². The quantitative estimate of drug-likeness (QED) is 0.145. The highest BCUT2D eigenvalue weighted by atomic mass is 16.4. The van der Waals surface area contributed by atoms with Gasteiger partial charge in [0.05, 0.1) is 6.04 Å². The molecular formula is C8H18N4O2. The van der Waals surface area contributed by atoms with Gasteiger partial charge in [-0.1, -0.05) is 12.1 Å². The smallest absolute Gasteiger partial charge is 0.217 e. The molecule has 0 aliphatic rings. The van der Waals surface area contributed by atoms with Gasteiger partial charge in [0.1, 0.15) is 0 Å². The van der Waals surface area contributed by atoms with Gasteiger partial charge in [-0.25, -0.2) is 0 Å². The molecule has 0 aromatic heterocycles. The van der Waals surface area contributed by atoms with E-state index in [0.717, 1.165) is 6.42 Å². The van der Waals surface area contributed by atoms with Gasteiger partial charge in [-0.3, -0.25) is 4.79 Å². The predicted molar refractivity (Wildman–Crippen MR) is 53.9 cm³/mol. The van der Waals surface area contributed by atoms with Gasteiger partial charge in [0.2, 0.25) is 5.91 Å². The maximum Gasteiger partial charge on any atom is 0.217 e. The van der Waals surface area contributed by atoms with Crippen molar-refractivity contribution in [2.24, 2.45) is 16.6 Å². The highest BCUT2D eigenvalue weighted by Crippen LogP contribution is 1.92. The molecule has 0 heterocycles. The number of amides is 1. The Bertz CT molecular complexity index is 206. The highest BCUT2D eigenvalue weighted by molar-refractivity contribution is 5.85. The predicted octanol–water partition coefficient (Wildman–Crippen LogP) is -0.633. The average molecular weight is 202 g/mol. The van der Waals surface area contributed by atoms with E-state index in [9.17, 15) is 4.79 Å². The zero-order valence-corrected chi connectivity index (χ0v) is 8.36. The van der Waals surface area contributed by atoms with E-state index in [0.29, 0.717) is 19.4 Å². The van der Waals surface area contributed by atoms with Crippen LogP contribution in [0.15, 0.2) is 5.16 Å². The van der Waals surface area contributed by atoms with Gasteiger partial charge in [-0.15, -0.1) is 0 Å². The van der Waals surface area contributed by atoms with Crippen molar-refractivity contribution < 1.29 is 10.0 Å². The summed E-state index contributed by atoms with van der Waals surface area (Å²) in [7, 11) is 0. The monoisotopic (exact) mass is 202 g/mol. The zero-order valence-electron chi connectivity index (χ0n) is 8.36. The number of amidine groups is 1. The van der Waals surface area contributed by atoms with Gasteiger partial charge >= 0.3 is 0 Å². The number of carbonyl (C=O) groups excluding carboxylic acids is 1. The van der Waals surface area contributed by atoms with Crippen LogP contribution in [0.1, 0.15) is 26.2 Å². The molecule has 0 spiro atoms. The highest BCUT2D eigenvalue weighted by Gasteiger charge is 2.09. The molecule has 0 fully saturated rings. The van der Waals surface area contributed by atoms with Crippen molar-refractivity contribution in [1.29, 1.82) is 0 Å². The van der Waals surface area contributed by atoms with Crippen LogP contribution in [0.25, 0.3) is 0 Å². The number of carbonyl (C=O) groups is 1. The van der Waals surface area contributed by atoms with Crippen molar-refractivity contribution in [3.8, 4) is 0 Å². The molecule has 14 heavy (non-hydrogen) atoms. The fourth-order valence-corrected chi connectivity index (χ4v) is 1.07. The van der Waals surface area contributed by atoms with Gasteiger partial charge in [-0.05, 0) is 19.4 Å². The number of primary amides is 1. The Morgan fingerprint density at radius 3 is 2.64 bits per heavy atom. The van der Waals surface area contributed by atoms with Crippen molar-refractivity contribution in [3.05, 3.63) is 0 Å². The van der Waals surface area contributed by atoms with Crippen molar-refractivity contribution in [2.75, 3.05) is 6.54 Å². The van der Waals surface area contributed by atoms with Gasteiger partial charge in [0.25, 0.3) is 0 Å². The largest absolute Gasteiger partial charge is 0.409 e. The first-order chi connectivity index (χ1) is 6.61. The maximum atomic E-state index is 10.4. The summed E-state index contributed by atoms with van der Waals surface area (Å²) in [4.78, 5) is 10.4. The molecule has 0 saturated heterocycles. The normalized spacial score (nSPS) is 13.9. The molecule has 0 aromatic carbocycles. The van der Waals surface area contributed by atoms with Crippen LogP contribution in [0.4, 0.5) is 0 Å². The molecule has 0 aliphatic carbocycles. The molecule has 0 rings (SSSR count). The van der Waals surface area contributed by atoms with Crippen LogP contribution in [-0.4, -0.2) is 29.5 Å². The topological polar surface area (TPSA) is 114 Å². The minimum atomic E-state index is -0.316. The first-order valence-electron chi connectivity index (χ1n) is 4.60. The molecule has 6 nitrogen and oxygen atoms in total. The van der Waals surface area contributed by atoms with E-state index in [1.165, 1.54) is 0 Å². The van der Waals surface area contributed by atoms with Crippen LogP contribution < -0.4 is 16.8 Å². The molecule has 0 saturated carbocycles. The fraction of sp³-hybridized carbons (Fsp3) is 0.750. The third kappa shape index (κ3) is 5.36. The second kappa shape index (κ2) is 7.14. The molecule has 0 aliphatic heterocycles. The molecule has 0 aromatic rings. The number of nitrogens with two attached hydrogens (primary N) is 2. The van der Waals surface area contributed by atoms with Gasteiger partial charge in [0, 0.05) is 6.42 Å². The van der Waals surface area contributed by atoms with Crippen LogP contribution in [0.2, 0.25) is 0 Å².